The van der Waals surface area contributed by atoms with Crippen molar-refractivity contribution < 1.29 is 18.5 Å². The van der Waals surface area contributed by atoms with Gasteiger partial charge in [0.25, 0.3) is 5.91 Å². The van der Waals surface area contributed by atoms with Crippen LogP contribution in [0, 0.1) is 18.7 Å². The number of amides is 1. The second-order valence-electron chi connectivity index (χ2n) is 8.78. The molecule has 2 fully saturated rings. The average molecular weight is 361 g/mol. The van der Waals surface area contributed by atoms with E-state index in [9.17, 15) is 9.18 Å². The number of carbonyl (C=O) groups excluding carboxylic acids is 1. The molecule has 2 heterocycles. The first kappa shape index (κ1) is 19.4. The summed E-state index contributed by atoms with van der Waals surface area (Å²) in [7, 11) is -0.632. The van der Waals surface area contributed by atoms with E-state index < -0.39 is 24.1 Å². The van der Waals surface area contributed by atoms with Gasteiger partial charge in [-0.1, -0.05) is 13.0 Å². The molecule has 0 radical (unpaired) electrons. The number of aryl methyl sites for hydroxylation is 1. The van der Waals surface area contributed by atoms with Crippen LogP contribution in [0.1, 0.15) is 63.4 Å². The maximum atomic E-state index is 14.9. The van der Waals surface area contributed by atoms with Crippen molar-refractivity contribution in [1.29, 1.82) is 0 Å². The van der Waals surface area contributed by atoms with E-state index in [-0.39, 0.29) is 11.5 Å². The monoisotopic (exact) mass is 361 g/mol. The number of benzene rings is 1. The first-order chi connectivity index (χ1) is 12.0. The molecule has 1 amide bonds. The SMILES string of the molecule is Cc1cc(B2OC(C)(C)C(C)(C)O2)cc(F)c1C(=O)N1CCCC(C)C1. The maximum Gasteiger partial charge on any atom is 0.494 e. The lowest BCUT2D eigenvalue weighted by Gasteiger charge is -2.32. The molecule has 1 aromatic rings. The molecule has 1 aromatic carbocycles. The number of carbonyl (C=O) groups is 1. The lowest BCUT2D eigenvalue weighted by molar-refractivity contribution is 0.00578. The zero-order valence-electron chi connectivity index (χ0n) is 16.7. The molecule has 142 valence electrons. The number of nitrogens with zero attached hydrogens (tertiary/aromatic N) is 1. The van der Waals surface area contributed by atoms with Gasteiger partial charge in [0.1, 0.15) is 5.82 Å². The molecular formula is C20H29BFNO3. The van der Waals surface area contributed by atoms with Gasteiger partial charge in [0.05, 0.1) is 16.8 Å². The van der Waals surface area contributed by atoms with Crippen molar-refractivity contribution in [3.05, 3.63) is 29.1 Å². The fraction of sp³-hybridized carbons (Fsp3) is 0.650. The summed E-state index contributed by atoms with van der Waals surface area (Å²) in [6.07, 6.45) is 2.09. The Morgan fingerprint density at radius 2 is 1.85 bits per heavy atom. The fourth-order valence-corrected chi connectivity index (χ4v) is 3.69. The van der Waals surface area contributed by atoms with Gasteiger partial charge in [-0.25, -0.2) is 4.39 Å². The van der Waals surface area contributed by atoms with E-state index in [1.165, 1.54) is 6.07 Å². The first-order valence-corrected chi connectivity index (χ1v) is 9.47. The predicted molar refractivity (Wildman–Crippen MR) is 101 cm³/mol. The molecule has 2 saturated heterocycles. The van der Waals surface area contributed by atoms with Crippen molar-refractivity contribution in [3.8, 4) is 0 Å². The summed E-state index contributed by atoms with van der Waals surface area (Å²) in [5.41, 5.74) is 0.431. The van der Waals surface area contributed by atoms with Crippen molar-refractivity contribution in [2.24, 2.45) is 5.92 Å². The average Bonchev–Trinajstić information content (AvgIpc) is 2.74. The summed E-state index contributed by atoms with van der Waals surface area (Å²) in [6, 6.07) is 3.20. The van der Waals surface area contributed by atoms with Crippen LogP contribution >= 0.6 is 0 Å². The van der Waals surface area contributed by atoms with Gasteiger partial charge in [-0.05, 0) is 70.5 Å². The minimum Gasteiger partial charge on any atom is -0.399 e. The van der Waals surface area contributed by atoms with Crippen LogP contribution in [-0.2, 0) is 9.31 Å². The quantitative estimate of drug-likeness (QED) is 0.759. The molecule has 3 rings (SSSR count). The van der Waals surface area contributed by atoms with E-state index in [2.05, 4.69) is 6.92 Å². The Morgan fingerprint density at radius 3 is 2.38 bits per heavy atom. The van der Waals surface area contributed by atoms with Gasteiger partial charge in [-0.3, -0.25) is 4.79 Å². The highest BCUT2D eigenvalue weighted by molar-refractivity contribution is 6.62. The molecule has 4 nitrogen and oxygen atoms in total. The Kier molecular flexibility index (Phi) is 4.95. The summed E-state index contributed by atoms with van der Waals surface area (Å²) in [5, 5.41) is 0. The summed E-state index contributed by atoms with van der Waals surface area (Å²) < 4.78 is 26.9. The number of halogens is 1. The van der Waals surface area contributed by atoms with Crippen LogP contribution in [0.2, 0.25) is 0 Å². The van der Waals surface area contributed by atoms with Crippen molar-refractivity contribution in [2.75, 3.05) is 13.1 Å². The Labute approximate surface area is 156 Å². The minimum absolute atomic E-state index is 0.166. The Balaban J connectivity index is 1.86. The largest absolute Gasteiger partial charge is 0.494 e. The second kappa shape index (κ2) is 6.64. The molecule has 0 spiro atoms. The van der Waals surface area contributed by atoms with E-state index in [4.69, 9.17) is 9.31 Å². The zero-order valence-corrected chi connectivity index (χ0v) is 16.7. The van der Waals surface area contributed by atoms with E-state index >= 15 is 0 Å². The fourth-order valence-electron chi connectivity index (χ4n) is 3.69. The van der Waals surface area contributed by atoms with E-state index in [0.29, 0.717) is 30.0 Å². The van der Waals surface area contributed by atoms with E-state index in [1.807, 2.05) is 33.8 Å². The van der Waals surface area contributed by atoms with Crippen molar-refractivity contribution in [1.82, 2.24) is 4.90 Å². The molecule has 2 aliphatic rings. The Bertz CT molecular complexity index is 680. The molecule has 26 heavy (non-hydrogen) atoms. The Morgan fingerprint density at radius 1 is 1.23 bits per heavy atom. The van der Waals surface area contributed by atoms with Crippen LogP contribution in [0.4, 0.5) is 4.39 Å². The molecule has 1 atom stereocenters. The van der Waals surface area contributed by atoms with E-state index in [0.717, 1.165) is 12.8 Å². The number of hydrogen-bond acceptors (Lipinski definition) is 3. The van der Waals surface area contributed by atoms with Crippen LogP contribution in [0.3, 0.4) is 0 Å². The van der Waals surface area contributed by atoms with Crippen molar-refractivity contribution in [3.63, 3.8) is 0 Å². The highest BCUT2D eigenvalue weighted by Gasteiger charge is 2.52. The summed E-state index contributed by atoms with van der Waals surface area (Å²) in [5.74, 6) is -0.259. The summed E-state index contributed by atoms with van der Waals surface area (Å²) in [4.78, 5) is 14.6. The second-order valence-corrected chi connectivity index (χ2v) is 8.78. The normalized spacial score (nSPS) is 24.8. The number of hydrogen-bond donors (Lipinski definition) is 0. The van der Waals surface area contributed by atoms with Crippen LogP contribution < -0.4 is 5.46 Å². The third-order valence-electron chi connectivity index (χ3n) is 5.99. The van der Waals surface area contributed by atoms with Gasteiger partial charge in [0.2, 0.25) is 0 Å². The van der Waals surface area contributed by atoms with Crippen LogP contribution in [0.25, 0.3) is 0 Å². The minimum atomic E-state index is -0.632. The molecule has 0 aliphatic carbocycles. The smallest absolute Gasteiger partial charge is 0.399 e. The highest BCUT2D eigenvalue weighted by Crippen LogP contribution is 2.36. The number of likely N-dealkylation sites (tertiary alicyclic amines) is 1. The standard InChI is InChI=1S/C20H29BFNO3/c1-13-8-7-9-23(12-13)18(24)17-14(2)10-15(11-16(17)22)21-25-19(3,4)20(5,6)26-21/h10-11,13H,7-9,12H2,1-6H3. The molecule has 1 unspecified atom stereocenters. The van der Waals surface area contributed by atoms with Gasteiger partial charge >= 0.3 is 7.12 Å². The molecule has 0 bridgehead atoms. The highest BCUT2D eigenvalue weighted by atomic mass is 19.1. The number of rotatable bonds is 2. The van der Waals surface area contributed by atoms with Gasteiger partial charge in [-0.2, -0.15) is 0 Å². The molecular weight excluding hydrogens is 332 g/mol. The Hall–Kier alpha value is -1.40. The maximum absolute atomic E-state index is 14.9. The van der Waals surface area contributed by atoms with E-state index in [1.54, 1.807) is 11.8 Å². The first-order valence-electron chi connectivity index (χ1n) is 9.47. The third-order valence-corrected chi connectivity index (χ3v) is 5.99. The van der Waals surface area contributed by atoms with Crippen molar-refractivity contribution in [2.45, 2.75) is 65.6 Å². The van der Waals surface area contributed by atoms with Crippen LogP contribution in [-0.4, -0.2) is 42.2 Å². The molecule has 0 saturated carbocycles. The molecule has 0 aromatic heterocycles. The van der Waals surface area contributed by atoms with Gasteiger partial charge in [-0.15, -0.1) is 0 Å². The topological polar surface area (TPSA) is 38.8 Å². The molecule has 2 aliphatic heterocycles. The van der Waals surface area contributed by atoms with Gasteiger partial charge < -0.3 is 14.2 Å². The zero-order chi connectivity index (χ0) is 19.3. The molecule has 6 heteroatoms. The number of piperidine rings is 1. The summed E-state index contributed by atoms with van der Waals surface area (Å²) in [6.45, 7) is 13.1. The van der Waals surface area contributed by atoms with Crippen molar-refractivity contribution >= 4 is 18.5 Å². The summed E-state index contributed by atoms with van der Waals surface area (Å²) >= 11 is 0. The lowest BCUT2D eigenvalue weighted by Crippen LogP contribution is -2.41. The predicted octanol–water partition coefficient (Wildman–Crippen LogP) is 3.31. The van der Waals surface area contributed by atoms with Gasteiger partial charge in [0.15, 0.2) is 0 Å². The van der Waals surface area contributed by atoms with Crippen LogP contribution in [0.5, 0.6) is 0 Å². The molecule has 0 N–H and O–H groups in total. The lowest BCUT2D eigenvalue weighted by atomic mass is 9.77. The van der Waals surface area contributed by atoms with Gasteiger partial charge in [0, 0.05) is 13.1 Å². The van der Waals surface area contributed by atoms with Crippen LogP contribution in [0.15, 0.2) is 12.1 Å². The third kappa shape index (κ3) is 3.41.